The lowest BCUT2D eigenvalue weighted by Crippen LogP contribution is -2.12. The zero-order valence-electron chi connectivity index (χ0n) is 11.7. The van der Waals surface area contributed by atoms with Crippen molar-refractivity contribution in [2.75, 3.05) is 11.9 Å². The van der Waals surface area contributed by atoms with E-state index in [0.29, 0.717) is 18.2 Å². The Morgan fingerprint density at radius 3 is 2.55 bits per heavy atom. The van der Waals surface area contributed by atoms with E-state index in [1.807, 2.05) is 20.8 Å². The van der Waals surface area contributed by atoms with Gasteiger partial charge in [-0.05, 0) is 31.2 Å². The molecule has 0 atom stereocenters. The molecule has 6 heteroatoms. The van der Waals surface area contributed by atoms with Crippen LogP contribution in [-0.2, 0) is 0 Å². The molecule has 6 nitrogen and oxygen atoms in total. The van der Waals surface area contributed by atoms with Gasteiger partial charge in [-0.2, -0.15) is 0 Å². The quantitative estimate of drug-likeness (QED) is 0.907. The minimum absolute atomic E-state index is 0.0393. The van der Waals surface area contributed by atoms with E-state index >= 15 is 0 Å². The Hall–Kier alpha value is -2.37. The van der Waals surface area contributed by atoms with Crippen LogP contribution < -0.4 is 10.1 Å². The van der Waals surface area contributed by atoms with E-state index in [4.69, 9.17) is 9.15 Å². The first kappa shape index (κ1) is 14.0. The highest BCUT2D eigenvalue weighted by atomic mass is 16.5. The minimum Gasteiger partial charge on any atom is -0.494 e. The molecule has 1 aromatic carbocycles. The zero-order chi connectivity index (χ0) is 14.5. The number of carbonyl (C=O) groups is 1. The average Bonchev–Trinajstić information content (AvgIpc) is 2.91. The Morgan fingerprint density at radius 1 is 1.30 bits per heavy atom. The second-order valence-electron chi connectivity index (χ2n) is 4.51. The summed E-state index contributed by atoms with van der Waals surface area (Å²) in [6, 6.07) is 7.07. The van der Waals surface area contributed by atoms with Crippen molar-refractivity contribution in [3.8, 4) is 5.75 Å². The van der Waals surface area contributed by atoms with Gasteiger partial charge >= 0.3 is 11.8 Å². The molecule has 2 aromatic rings. The Kier molecular flexibility index (Phi) is 4.34. The summed E-state index contributed by atoms with van der Waals surface area (Å²) >= 11 is 0. The molecule has 0 unspecified atom stereocenters. The van der Waals surface area contributed by atoms with E-state index < -0.39 is 5.91 Å². The maximum absolute atomic E-state index is 11.9. The van der Waals surface area contributed by atoms with Gasteiger partial charge in [0, 0.05) is 11.6 Å². The molecule has 0 fully saturated rings. The van der Waals surface area contributed by atoms with Gasteiger partial charge in [-0.3, -0.25) is 4.79 Å². The van der Waals surface area contributed by atoms with Gasteiger partial charge in [-0.1, -0.05) is 13.8 Å². The Labute approximate surface area is 117 Å². The number of ether oxygens (including phenoxy) is 1. The van der Waals surface area contributed by atoms with Crippen molar-refractivity contribution in [1.82, 2.24) is 10.2 Å². The summed E-state index contributed by atoms with van der Waals surface area (Å²) in [7, 11) is 0. The molecule has 1 N–H and O–H groups in total. The van der Waals surface area contributed by atoms with Crippen molar-refractivity contribution in [3.05, 3.63) is 36.0 Å². The molecule has 0 aliphatic carbocycles. The fourth-order valence-corrected chi connectivity index (χ4v) is 1.55. The molecule has 1 amide bonds. The van der Waals surface area contributed by atoms with Crippen LogP contribution in [0.4, 0.5) is 5.69 Å². The molecule has 20 heavy (non-hydrogen) atoms. The van der Waals surface area contributed by atoms with E-state index in [1.165, 1.54) is 0 Å². The predicted octanol–water partition coefficient (Wildman–Crippen LogP) is 2.84. The lowest BCUT2D eigenvalue weighted by Gasteiger charge is -2.05. The highest BCUT2D eigenvalue weighted by Gasteiger charge is 2.16. The van der Waals surface area contributed by atoms with E-state index in [0.717, 1.165) is 5.75 Å². The number of nitrogens with zero attached hydrogens (tertiary/aromatic N) is 2. The van der Waals surface area contributed by atoms with Crippen molar-refractivity contribution in [3.63, 3.8) is 0 Å². The number of hydrogen-bond acceptors (Lipinski definition) is 5. The summed E-state index contributed by atoms with van der Waals surface area (Å²) in [5, 5.41) is 10.2. The summed E-state index contributed by atoms with van der Waals surface area (Å²) in [5.74, 6) is 0.831. The van der Waals surface area contributed by atoms with Gasteiger partial charge in [0.25, 0.3) is 0 Å². The van der Waals surface area contributed by atoms with Gasteiger partial charge in [0.1, 0.15) is 5.75 Å². The maximum atomic E-state index is 11.9. The van der Waals surface area contributed by atoms with E-state index in [1.54, 1.807) is 24.3 Å². The van der Waals surface area contributed by atoms with Crippen molar-refractivity contribution in [2.45, 2.75) is 26.7 Å². The summed E-state index contributed by atoms with van der Waals surface area (Å²) < 4.78 is 10.6. The monoisotopic (exact) mass is 275 g/mol. The second-order valence-corrected chi connectivity index (χ2v) is 4.51. The zero-order valence-corrected chi connectivity index (χ0v) is 11.7. The fourth-order valence-electron chi connectivity index (χ4n) is 1.55. The molecule has 0 saturated carbocycles. The van der Waals surface area contributed by atoms with Gasteiger partial charge in [0.15, 0.2) is 0 Å². The van der Waals surface area contributed by atoms with Crippen LogP contribution in [0.25, 0.3) is 0 Å². The molecule has 0 radical (unpaired) electrons. The molecular weight excluding hydrogens is 258 g/mol. The topological polar surface area (TPSA) is 77.2 Å². The third kappa shape index (κ3) is 3.34. The summed E-state index contributed by atoms with van der Waals surface area (Å²) in [6.07, 6.45) is 0. The first-order valence-corrected chi connectivity index (χ1v) is 6.47. The van der Waals surface area contributed by atoms with Crippen LogP contribution >= 0.6 is 0 Å². The maximum Gasteiger partial charge on any atom is 0.313 e. The molecule has 0 aliphatic heterocycles. The summed E-state index contributed by atoms with van der Waals surface area (Å²) in [4.78, 5) is 11.9. The number of benzene rings is 1. The smallest absolute Gasteiger partial charge is 0.313 e. The average molecular weight is 275 g/mol. The third-order valence-electron chi connectivity index (χ3n) is 2.55. The lowest BCUT2D eigenvalue weighted by atomic mass is 10.2. The molecule has 0 saturated heterocycles. The molecule has 0 aliphatic rings. The number of hydrogen-bond donors (Lipinski definition) is 1. The van der Waals surface area contributed by atoms with Gasteiger partial charge in [0.05, 0.1) is 6.61 Å². The van der Waals surface area contributed by atoms with E-state index in [2.05, 4.69) is 15.5 Å². The van der Waals surface area contributed by atoms with Crippen molar-refractivity contribution in [2.24, 2.45) is 0 Å². The number of anilines is 1. The van der Waals surface area contributed by atoms with Crippen LogP contribution in [0.1, 0.15) is 43.3 Å². The van der Waals surface area contributed by atoms with E-state index in [-0.39, 0.29) is 11.8 Å². The van der Waals surface area contributed by atoms with Crippen LogP contribution in [0, 0.1) is 0 Å². The number of aromatic nitrogens is 2. The third-order valence-corrected chi connectivity index (χ3v) is 2.55. The van der Waals surface area contributed by atoms with Crippen molar-refractivity contribution < 1.29 is 13.9 Å². The van der Waals surface area contributed by atoms with Crippen LogP contribution in [0.15, 0.2) is 28.7 Å². The van der Waals surface area contributed by atoms with Gasteiger partial charge in [0.2, 0.25) is 5.89 Å². The standard InChI is InChI=1S/C14H17N3O3/c1-4-19-11-7-5-10(6-8-11)15-12(18)14-17-16-13(20-14)9(2)3/h5-9H,4H2,1-3H3,(H,15,18). The Balaban J connectivity index is 2.03. The molecule has 0 spiro atoms. The van der Waals surface area contributed by atoms with Crippen molar-refractivity contribution >= 4 is 11.6 Å². The molecule has 106 valence electrons. The first-order valence-electron chi connectivity index (χ1n) is 6.47. The molecule has 2 rings (SSSR count). The second kappa shape index (κ2) is 6.18. The minimum atomic E-state index is -0.423. The van der Waals surface area contributed by atoms with Crippen LogP contribution in [0.2, 0.25) is 0 Å². The Bertz CT molecular complexity index is 576. The largest absolute Gasteiger partial charge is 0.494 e. The summed E-state index contributed by atoms with van der Waals surface area (Å²) in [6.45, 7) is 6.35. The summed E-state index contributed by atoms with van der Waals surface area (Å²) in [5.41, 5.74) is 0.641. The highest BCUT2D eigenvalue weighted by Crippen LogP contribution is 2.17. The van der Waals surface area contributed by atoms with E-state index in [9.17, 15) is 4.79 Å². The number of rotatable bonds is 5. The molecule has 1 heterocycles. The molecule has 0 bridgehead atoms. The van der Waals surface area contributed by atoms with Gasteiger partial charge in [-0.15, -0.1) is 10.2 Å². The van der Waals surface area contributed by atoms with Gasteiger partial charge in [-0.25, -0.2) is 0 Å². The van der Waals surface area contributed by atoms with Crippen LogP contribution in [0.5, 0.6) is 5.75 Å². The SMILES string of the molecule is CCOc1ccc(NC(=O)c2nnc(C(C)C)o2)cc1. The lowest BCUT2D eigenvalue weighted by molar-refractivity contribution is 0.0988. The van der Waals surface area contributed by atoms with Gasteiger partial charge < -0.3 is 14.5 Å². The predicted molar refractivity (Wildman–Crippen MR) is 74.0 cm³/mol. The first-order chi connectivity index (χ1) is 9.60. The molecular formula is C14H17N3O3. The van der Waals surface area contributed by atoms with Crippen LogP contribution in [0.3, 0.4) is 0 Å². The number of nitrogens with one attached hydrogen (secondary N) is 1. The van der Waals surface area contributed by atoms with Crippen molar-refractivity contribution in [1.29, 1.82) is 0 Å². The Morgan fingerprint density at radius 2 is 2.00 bits per heavy atom. The normalized spacial score (nSPS) is 10.6. The number of amides is 1. The van der Waals surface area contributed by atoms with Crippen LogP contribution in [-0.4, -0.2) is 22.7 Å². The highest BCUT2D eigenvalue weighted by molar-refractivity contribution is 6.00. The fraction of sp³-hybridized carbons (Fsp3) is 0.357. The number of carbonyl (C=O) groups excluding carboxylic acids is 1. The molecule has 1 aromatic heterocycles.